The topological polar surface area (TPSA) is 26.3 Å². The summed E-state index contributed by atoms with van der Waals surface area (Å²) in [5.74, 6) is 1.58. The highest BCUT2D eigenvalue weighted by atomic mass is 79.9. The van der Waals surface area contributed by atoms with Crippen LogP contribution in [0.1, 0.15) is 50.7 Å². The van der Waals surface area contributed by atoms with Crippen LogP contribution in [0.3, 0.4) is 0 Å². The molecule has 0 bridgehead atoms. The molecule has 4 atom stereocenters. The van der Waals surface area contributed by atoms with Crippen LogP contribution in [0, 0.1) is 5.92 Å². The number of esters is 1. The second-order valence-electron chi connectivity index (χ2n) is 6.42. The van der Waals surface area contributed by atoms with Gasteiger partial charge < -0.3 is 4.74 Å². The average Bonchev–Trinajstić information content (AvgIpc) is 2.56. The van der Waals surface area contributed by atoms with Gasteiger partial charge in [0.15, 0.2) is 0 Å². The lowest BCUT2D eigenvalue weighted by Gasteiger charge is -2.32. The first-order chi connectivity index (χ1) is 11.4. The van der Waals surface area contributed by atoms with Crippen LogP contribution in [0.2, 0.25) is 0 Å². The van der Waals surface area contributed by atoms with Gasteiger partial charge in [0.2, 0.25) is 0 Å². The molecule has 0 fully saturated rings. The molecule has 128 valence electrons. The largest absolute Gasteiger partial charge is 0.427 e. The normalized spacial score (nSPS) is 16.0. The van der Waals surface area contributed by atoms with Crippen molar-refractivity contribution in [1.29, 1.82) is 0 Å². The Kier molecular flexibility index (Phi) is 6.61. The van der Waals surface area contributed by atoms with E-state index in [4.69, 9.17) is 4.74 Å². The van der Waals surface area contributed by atoms with Crippen LogP contribution in [0.5, 0.6) is 5.75 Å². The SMILES string of the molecule is CC(=O)Oc1ccc(C(C(C)Br)C(C)C(C)c2ccccc2)cc1. The second kappa shape index (κ2) is 8.48. The molecule has 0 aliphatic heterocycles. The van der Waals surface area contributed by atoms with E-state index < -0.39 is 0 Å². The van der Waals surface area contributed by atoms with Gasteiger partial charge in [-0.3, -0.25) is 4.79 Å². The zero-order valence-electron chi connectivity index (χ0n) is 14.7. The van der Waals surface area contributed by atoms with Crippen LogP contribution < -0.4 is 4.74 Å². The lowest BCUT2D eigenvalue weighted by atomic mass is 9.76. The van der Waals surface area contributed by atoms with Crippen molar-refractivity contribution >= 4 is 21.9 Å². The van der Waals surface area contributed by atoms with Crippen molar-refractivity contribution in [2.24, 2.45) is 5.92 Å². The van der Waals surface area contributed by atoms with Crippen LogP contribution in [-0.4, -0.2) is 10.8 Å². The molecule has 0 aliphatic rings. The summed E-state index contributed by atoms with van der Waals surface area (Å²) in [5, 5.41) is 0. The highest BCUT2D eigenvalue weighted by molar-refractivity contribution is 9.09. The summed E-state index contributed by atoms with van der Waals surface area (Å²) < 4.78 is 5.14. The predicted molar refractivity (Wildman–Crippen MR) is 103 cm³/mol. The summed E-state index contributed by atoms with van der Waals surface area (Å²) >= 11 is 3.79. The van der Waals surface area contributed by atoms with Crippen LogP contribution >= 0.6 is 15.9 Å². The molecule has 0 saturated heterocycles. The van der Waals surface area contributed by atoms with Crippen LogP contribution in [-0.2, 0) is 4.79 Å². The van der Waals surface area contributed by atoms with E-state index in [1.807, 2.05) is 12.1 Å². The molecule has 0 aromatic heterocycles. The molecule has 0 aliphatic carbocycles. The third kappa shape index (κ3) is 4.70. The second-order valence-corrected chi connectivity index (χ2v) is 7.87. The number of rotatable bonds is 6. The molecule has 0 radical (unpaired) electrons. The van der Waals surface area contributed by atoms with Crippen molar-refractivity contribution in [1.82, 2.24) is 0 Å². The van der Waals surface area contributed by atoms with E-state index in [9.17, 15) is 4.79 Å². The molecule has 4 unspecified atom stereocenters. The van der Waals surface area contributed by atoms with E-state index in [0.29, 0.717) is 28.3 Å². The molecule has 2 aromatic rings. The fraction of sp³-hybridized carbons (Fsp3) is 0.381. The highest BCUT2D eigenvalue weighted by Crippen LogP contribution is 2.40. The molecular formula is C21H25BrO2. The fourth-order valence-electron chi connectivity index (χ4n) is 3.28. The molecule has 24 heavy (non-hydrogen) atoms. The number of ether oxygens (including phenoxy) is 1. The van der Waals surface area contributed by atoms with Gasteiger partial charge in [-0.2, -0.15) is 0 Å². The zero-order valence-corrected chi connectivity index (χ0v) is 16.3. The van der Waals surface area contributed by atoms with Gasteiger partial charge in [0.1, 0.15) is 5.75 Å². The number of hydrogen-bond acceptors (Lipinski definition) is 2. The first-order valence-corrected chi connectivity index (χ1v) is 9.29. The quantitative estimate of drug-likeness (QED) is 0.348. The van der Waals surface area contributed by atoms with Gasteiger partial charge in [-0.1, -0.05) is 79.2 Å². The fourth-order valence-corrected chi connectivity index (χ4v) is 4.07. The van der Waals surface area contributed by atoms with Gasteiger partial charge in [-0.15, -0.1) is 0 Å². The number of benzene rings is 2. The van der Waals surface area contributed by atoms with E-state index in [0.717, 1.165) is 0 Å². The van der Waals surface area contributed by atoms with E-state index in [1.54, 1.807) is 0 Å². The van der Waals surface area contributed by atoms with Crippen LogP contribution in [0.25, 0.3) is 0 Å². The Balaban J connectivity index is 2.23. The van der Waals surface area contributed by atoms with Crippen LogP contribution in [0.4, 0.5) is 0 Å². The predicted octanol–water partition coefficient (Wildman–Crippen LogP) is 5.92. The van der Waals surface area contributed by atoms with Gasteiger partial charge in [0, 0.05) is 11.8 Å². The Morgan fingerprint density at radius 1 is 0.917 bits per heavy atom. The maximum atomic E-state index is 11.1. The van der Waals surface area contributed by atoms with E-state index >= 15 is 0 Å². The van der Waals surface area contributed by atoms with Gasteiger partial charge >= 0.3 is 5.97 Å². The average molecular weight is 389 g/mol. The molecule has 0 N–H and O–H groups in total. The Hall–Kier alpha value is -1.61. The van der Waals surface area contributed by atoms with Crippen molar-refractivity contribution in [2.75, 3.05) is 0 Å². The number of alkyl halides is 1. The summed E-state index contributed by atoms with van der Waals surface area (Å²) in [7, 11) is 0. The highest BCUT2D eigenvalue weighted by Gasteiger charge is 2.28. The first kappa shape index (κ1) is 18.7. The maximum absolute atomic E-state index is 11.1. The Morgan fingerprint density at radius 2 is 1.50 bits per heavy atom. The van der Waals surface area contributed by atoms with Crippen molar-refractivity contribution < 1.29 is 9.53 Å². The first-order valence-electron chi connectivity index (χ1n) is 8.37. The Labute approximate surface area is 153 Å². The molecule has 2 nitrogen and oxygen atoms in total. The zero-order chi connectivity index (χ0) is 17.7. The minimum absolute atomic E-state index is 0.292. The Bertz CT molecular complexity index is 649. The summed E-state index contributed by atoms with van der Waals surface area (Å²) in [4.78, 5) is 11.4. The standard InChI is InChI=1S/C21H25BrO2/c1-14(18-8-6-5-7-9-18)15(2)21(16(3)22)19-10-12-20(13-11-19)24-17(4)23/h5-16,21H,1-4H3. The smallest absolute Gasteiger partial charge is 0.308 e. The van der Waals surface area contributed by atoms with Crippen molar-refractivity contribution in [3.05, 3.63) is 65.7 Å². The summed E-state index contributed by atoms with van der Waals surface area (Å²) in [6, 6.07) is 18.5. The third-order valence-corrected chi connectivity index (χ3v) is 5.27. The molecule has 0 spiro atoms. The minimum atomic E-state index is -0.292. The van der Waals surface area contributed by atoms with E-state index in [-0.39, 0.29) is 5.97 Å². The maximum Gasteiger partial charge on any atom is 0.308 e. The van der Waals surface area contributed by atoms with Gasteiger partial charge in [-0.25, -0.2) is 0 Å². The number of hydrogen-bond donors (Lipinski definition) is 0. The molecule has 2 aromatic carbocycles. The molecule has 0 saturated carbocycles. The van der Waals surface area contributed by atoms with Gasteiger partial charge in [0.05, 0.1) is 0 Å². The minimum Gasteiger partial charge on any atom is -0.427 e. The molecule has 2 rings (SSSR count). The third-order valence-electron chi connectivity index (χ3n) is 4.70. The molecule has 0 amide bonds. The Morgan fingerprint density at radius 3 is 2.00 bits per heavy atom. The molecular weight excluding hydrogens is 364 g/mol. The van der Waals surface area contributed by atoms with E-state index in [2.05, 4.69) is 79.2 Å². The van der Waals surface area contributed by atoms with Gasteiger partial charge in [0.25, 0.3) is 0 Å². The summed E-state index contributed by atoms with van der Waals surface area (Å²) in [6.07, 6.45) is 0. The van der Waals surface area contributed by atoms with Crippen LogP contribution in [0.15, 0.2) is 54.6 Å². The number of halogens is 1. The van der Waals surface area contributed by atoms with Crippen molar-refractivity contribution in [3.8, 4) is 5.75 Å². The van der Waals surface area contributed by atoms with Gasteiger partial charge in [-0.05, 0) is 41.0 Å². The number of carbonyl (C=O) groups excluding carboxylic acids is 1. The summed E-state index contributed by atoms with van der Waals surface area (Å²) in [6.45, 7) is 8.20. The molecule has 0 heterocycles. The molecule has 3 heteroatoms. The van der Waals surface area contributed by atoms with Crippen molar-refractivity contribution in [3.63, 3.8) is 0 Å². The number of carbonyl (C=O) groups is 1. The monoisotopic (exact) mass is 388 g/mol. The summed E-state index contributed by atoms with van der Waals surface area (Å²) in [5.41, 5.74) is 2.62. The van der Waals surface area contributed by atoms with E-state index in [1.165, 1.54) is 18.1 Å². The lowest BCUT2D eigenvalue weighted by molar-refractivity contribution is -0.131. The lowest BCUT2D eigenvalue weighted by Crippen LogP contribution is -2.22. The van der Waals surface area contributed by atoms with Crippen molar-refractivity contribution in [2.45, 2.75) is 44.4 Å².